The van der Waals surface area contributed by atoms with Crippen LogP contribution < -0.4 is 10.1 Å². The molecule has 1 fully saturated rings. The summed E-state index contributed by atoms with van der Waals surface area (Å²) in [6.45, 7) is 1.31. The molecule has 4 nitrogen and oxygen atoms in total. The third-order valence-corrected chi connectivity index (χ3v) is 2.60. The Labute approximate surface area is 109 Å². The summed E-state index contributed by atoms with van der Waals surface area (Å²) in [5, 5.41) is 6.80. The van der Waals surface area contributed by atoms with Crippen LogP contribution in [0, 0.1) is 5.92 Å². The van der Waals surface area contributed by atoms with Crippen molar-refractivity contribution in [2.24, 2.45) is 5.92 Å². The summed E-state index contributed by atoms with van der Waals surface area (Å²) >= 11 is 0. The lowest BCUT2D eigenvalue weighted by atomic mass is 10.1. The molecule has 0 aliphatic carbocycles. The van der Waals surface area contributed by atoms with Crippen LogP contribution >= 0.6 is 12.4 Å². The standard InChI is InChI=1S/C10H14F3N3O.ClH/c11-10(12,13)7-16-5-9(4-15-16)17-6-8-1-2-14-3-8;/h4-5,8,14H,1-3,6-7H2;1H. The topological polar surface area (TPSA) is 39.1 Å². The number of halogens is 4. The van der Waals surface area contributed by atoms with E-state index in [0.29, 0.717) is 18.3 Å². The first-order valence-electron chi connectivity index (χ1n) is 5.46. The van der Waals surface area contributed by atoms with Crippen molar-refractivity contribution in [1.29, 1.82) is 0 Å². The van der Waals surface area contributed by atoms with E-state index in [1.165, 1.54) is 12.4 Å². The van der Waals surface area contributed by atoms with Gasteiger partial charge in [0.15, 0.2) is 5.75 Å². The van der Waals surface area contributed by atoms with Gasteiger partial charge in [0.25, 0.3) is 0 Å². The quantitative estimate of drug-likeness (QED) is 0.918. The number of alkyl halides is 3. The predicted octanol–water partition coefficient (Wildman–Crippen LogP) is 1.86. The Hall–Kier alpha value is -0.950. The van der Waals surface area contributed by atoms with Gasteiger partial charge in [0.05, 0.1) is 19.0 Å². The Balaban J connectivity index is 0.00000162. The number of rotatable bonds is 4. The molecule has 0 amide bonds. The van der Waals surface area contributed by atoms with Crippen LogP contribution in [0.3, 0.4) is 0 Å². The van der Waals surface area contributed by atoms with Crippen LogP contribution in [0.25, 0.3) is 0 Å². The SMILES string of the molecule is Cl.FC(F)(F)Cn1cc(OCC2CCNC2)cn1. The van der Waals surface area contributed by atoms with E-state index < -0.39 is 12.7 Å². The molecule has 104 valence electrons. The number of hydrogen-bond donors (Lipinski definition) is 1. The Morgan fingerprint density at radius 2 is 2.28 bits per heavy atom. The highest BCUT2D eigenvalue weighted by Gasteiger charge is 2.28. The van der Waals surface area contributed by atoms with Gasteiger partial charge >= 0.3 is 6.18 Å². The summed E-state index contributed by atoms with van der Waals surface area (Å²) in [6, 6.07) is 0. The molecule has 0 aromatic carbocycles. The molecule has 8 heteroatoms. The molecule has 1 N–H and O–H groups in total. The summed E-state index contributed by atoms with van der Waals surface area (Å²) in [5.41, 5.74) is 0. The maximum Gasteiger partial charge on any atom is 0.408 e. The van der Waals surface area contributed by atoms with Crippen molar-refractivity contribution in [2.45, 2.75) is 19.1 Å². The van der Waals surface area contributed by atoms with Crippen molar-refractivity contribution in [3.8, 4) is 5.75 Å². The molecule has 2 heterocycles. The molecule has 2 rings (SSSR count). The minimum atomic E-state index is -4.25. The lowest BCUT2D eigenvalue weighted by Gasteiger charge is -2.08. The highest BCUT2D eigenvalue weighted by atomic mass is 35.5. The summed E-state index contributed by atoms with van der Waals surface area (Å²) in [7, 11) is 0. The van der Waals surface area contributed by atoms with Crippen molar-refractivity contribution >= 4 is 12.4 Å². The number of nitrogens with zero attached hydrogens (tertiary/aromatic N) is 2. The van der Waals surface area contributed by atoms with Crippen molar-refractivity contribution in [2.75, 3.05) is 19.7 Å². The second kappa shape index (κ2) is 6.29. The van der Waals surface area contributed by atoms with Crippen molar-refractivity contribution in [3.63, 3.8) is 0 Å². The first-order chi connectivity index (χ1) is 8.03. The van der Waals surface area contributed by atoms with Gasteiger partial charge in [0.1, 0.15) is 6.54 Å². The summed E-state index contributed by atoms with van der Waals surface area (Å²) in [5.74, 6) is 0.821. The maximum absolute atomic E-state index is 12.1. The fourth-order valence-corrected chi connectivity index (χ4v) is 1.76. The molecule has 1 unspecified atom stereocenters. The predicted molar refractivity (Wildman–Crippen MR) is 62.0 cm³/mol. The van der Waals surface area contributed by atoms with E-state index in [1.807, 2.05) is 0 Å². The minimum absolute atomic E-state index is 0. The van der Waals surface area contributed by atoms with Crippen molar-refractivity contribution in [1.82, 2.24) is 15.1 Å². The Morgan fingerprint density at radius 1 is 1.50 bits per heavy atom. The smallest absolute Gasteiger partial charge is 0.408 e. The zero-order chi connectivity index (χ0) is 12.3. The van der Waals surface area contributed by atoms with Gasteiger partial charge in [-0.25, -0.2) is 0 Å². The van der Waals surface area contributed by atoms with E-state index >= 15 is 0 Å². The van der Waals surface area contributed by atoms with Crippen LogP contribution in [-0.2, 0) is 6.54 Å². The number of nitrogens with one attached hydrogen (secondary N) is 1. The second-order valence-electron chi connectivity index (χ2n) is 4.16. The normalized spacial score (nSPS) is 19.6. The molecular formula is C10H15ClF3N3O. The van der Waals surface area contributed by atoms with Gasteiger partial charge < -0.3 is 10.1 Å². The van der Waals surface area contributed by atoms with Gasteiger partial charge in [-0.2, -0.15) is 18.3 Å². The molecule has 0 bridgehead atoms. The number of ether oxygens (including phenoxy) is 1. The zero-order valence-corrected chi connectivity index (χ0v) is 10.4. The number of aromatic nitrogens is 2. The van der Waals surface area contributed by atoms with E-state index in [2.05, 4.69) is 10.4 Å². The van der Waals surface area contributed by atoms with Crippen LogP contribution in [0.15, 0.2) is 12.4 Å². The van der Waals surface area contributed by atoms with E-state index in [4.69, 9.17) is 4.74 Å². The maximum atomic E-state index is 12.1. The molecular weight excluding hydrogens is 271 g/mol. The average Bonchev–Trinajstić information content (AvgIpc) is 2.82. The molecule has 1 atom stereocenters. The van der Waals surface area contributed by atoms with E-state index in [0.717, 1.165) is 24.2 Å². The van der Waals surface area contributed by atoms with Crippen molar-refractivity contribution < 1.29 is 17.9 Å². The number of hydrogen-bond acceptors (Lipinski definition) is 3. The van der Waals surface area contributed by atoms with Gasteiger partial charge in [0, 0.05) is 12.5 Å². The zero-order valence-electron chi connectivity index (χ0n) is 9.61. The molecule has 1 saturated heterocycles. The van der Waals surface area contributed by atoms with Crippen molar-refractivity contribution in [3.05, 3.63) is 12.4 Å². The molecule has 1 aromatic heterocycles. The molecule has 1 aliphatic heterocycles. The van der Waals surface area contributed by atoms with E-state index in [-0.39, 0.29) is 12.4 Å². The molecule has 0 radical (unpaired) electrons. The highest BCUT2D eigenvalue weighted by Crippen LogP contribution is 2.19. The van der Waals surface area contributed by atoms with E-state index in [1.54, 1.807) is 0 Å². The molecule has 18 heavy (non-hydrogen) atoms. The molecule has 1 aromatic rings. The fourth-order valence-electron chi connectivity index (χ4n) is 1.76. The third kappa shape index (κ3) is 4.73. The van der Waals surface area contributed by atoms with Gasteiger partial charge in [-0.1, -0.05) is 0 Å². The Bertz CT molecular complexity index is 363. The lowest BCUT2D eigenvalue weighted by molar-refractivity contribution is -0.142. The van der Waals surface area contributed by atoms with Crippen LogP contribution in [0.1, 0.15) is 6.42 Å². The fraction of sp³-hybridized carbons (Fsp3) is 0.700. The second-order valence-corrected chi connectivity index (χ2v) is 4.16. The minimum Gasteiger partial charge on any atom is -0.490 e. The first kappa shape index (κ1) is 15.1. The molecule has 0 spiro atoms. The van der Waals surface area contributed by atoms with Gasteiger partial charge in [0.2, 0.25) is 0 Å². The van der Waals surface area contributed by atoms with Crippen LogP contribution in [0.5, 0.6) is 5.75 Å². The van der Waals surface area contributed by atoms with Crippen LogP contribution in [-0.4, -0.2) is 35.7 Å². The Kier molecular flexibility index (Phi) is 5.28. The lowest BCUT2D eigenvalue weighted by Crippen LogP contribution is -2.18. The van der Waals surface area contributed by atoms with E-state index in [9.17, 15) is 13.2 Å². The highest BCUT2D eigenvalue weighted by molar-refractivity contribution is 5.85. The first-order valence-corrected chi connectivity index (χ1v) is 5.46. The summed E-state index contributed by atoms with van der Waals surface area (Å²) < 4.78 is 42.4. The third-order valence-electron chi connectivity index (χ3n) is 2.60. The average molecular weight is 286 g/mol. The van der Waals surface area contributed by atoms with Crippen LogP contribution in [0.4, 0.5) is 13.2 Å². The summed E-state index contributed by atoms with van der Waals surface area (Å²) in [6.07, 6.45) is -0.626. The van der Waals surface area contributed by atoms with Crippen LogP contribution in [0.2, 0.25) is 0 Å². The van der Waals surface area contributed by atoms with Gasteiger partial charge in [-0.15, -0.1) is 12.4 Å². The molecule has 1 aliphatic rings. The van der Waals surface area contributed by atoms with Gasteiger partial charge in [-0.3, -0.25) is 4.68 Å². The largest absolute Gasteiger partial charge is 0.490 e. The Morgan fingerprint density at radius 3 is 2.89 bits per heavy atom. The monoisotopic (exact) mass is 285 g/mol. The molecule has 0 saturated carbocycles. The summed E-state index contributed by atoms with van der Waals surface area (Å²) in [4.78, 5) is 0. The van der Waals surface area contributed by atoms with Gasteiger partial charge in [-0.05, 0) is 13.0 Å².